The number of phenolic OH excluding ortho intramolecular Hbond substituents is 2. The van der Waals surface area contributed by atoms with Gasteiger partial charge in [0.15, 0.2) is 5.76 Å². The second kappa shape index (κ2) is 9.96. The lowest BCUT2D eigenvalue weighted by Gasteiger charge is -2.22. The van der Waals surface area contributed by atoms with E-state index in [1.54, 1.807) is 48.5 Å². The number of benzene rings is 2. The van der Waals surface area contributed by atoms with Gasteiger partial charge < -0.3 is 19.6 Å². The lowest BCUT2D eigenvalue weighted by Crippen LogP contribution is -2.33. The fraction of sp³-hybridized carbons (Fsp3) is 0.333. The van der Waals surface area contributed by atoms with Crippen molar-refractivity contribution in [3.63, 3.8) is 0 Å². The molecule has 0 spiro atoms. The van der Waals surface area contributed by atoms with Crippen molar-refractivity contribution < 1.29 is 19.5 Å². The summed E-state index contributed by atoms with van der Waals surface area (Å²) in [5.41, 5.74) is 2.20. The number of aromatic hydroxyl groups is 2. The van der Waals surface area contributed by atoms with Crippen molar-refractivity contribution in [3.8, 4) is 34.1 Å². The zero-order valence-electron chi connectivity index (χ0n) is 17.5. The van der Waals surface area contributed by atoms with Crippen LogP contribution in [0.15, 0.2) is 53.1 Å². The molecular formula is C24H28N2O4. The van der Waals surface area contributed by atoms with E-state index in [0.717, 1.165) is 25.7 Å². The van der Waals surface area contributed by atoms with Gasteiger partial charge in [-0.05, 0) is 61.4 Å². The van der Waals surface area contributed by atoms with E-state index >= 15 is 0 Å². The van der Waals surface area contributed by atoms with Crippen LogP contribution in [0.2, 0.25) is 0 Å². The Kier molecular flexibility index (Phi) is 7.12. The molecule has 0 fully saturated rings. The molecule has 0 aliphatic rings. The Hall–Kier alpha value is -3.28. The summed E-state index contributed by atoms with van der Waals surface area (Å²) in [6.45, 7) is 5.55. The Morgan fingerprint density at radius 1 is 0.867 bits per heavy atom. The highest BCUT2D eigenvalue weighted by Crippen LogP contribution is 2.34. The average Bonchev–Trinajstić information content (AvgIpc) is 3.19. The molecule has 0 unspecified atom stereocenters. The van der Waals surface area contributed by atoms with Crippen LogP contribution >= 0.6 is 0 Å². The number of carbonyl (C=O) groups is 1. The van der Waals surface area contributed by atoms with Crippen LogP contribution in [-0.4, -0.2) is 39.3 Å². The maximum absolute atomic E-state index is 13.7. The minimum absolute atomic E-state index is 0.121. The van der Waals surface area contributed by atoms with E-state index < -0.39 is 0 Å². The molecule has 2 aromatic carbocycles. The normalized spacial score (nSPS) is 10.9. The first-order valence-corrected chi connectivity index (χ1v) is 10.4. The zero-order valence-corrected chi connectivity index (χ0v) is 17.5. The summed E-state index contributed by atoms with van der Waals surface area (Å²) in [4.78, 5) is 15.5. The second-order valence-corrected chi connectivity index (χ2v) is 7.33. The van der Waals surface area contributed by atoms with Gasteiger partial charge in [-0.25, -0.2) is 0 Å². The van der Waals surface area contributed by atoms with Crippen molar-refractivity contribution >= 4 is 5.91 Å². The highest BCUT2D eigenvalue weighted by Gasteiger charge is 2.28. The van der Waals surface area contributed by atoms with Gasteiger partial charge in [-0.2, -0.15) is 0 Å². The van der Waals surface area contributed by atoms with Crippen LogP contribution in [0.4, 0.5) is 0 Å². The third-order valence-electron chi connectivity index (χ3n) is 5.03. The third kappa shape index (κ3) is 4.82. The van der Waals surface area contributed by atoms with E-state index in [1.165, 1.54) is 0 Å². The van der Waals surface area contributed by atoms with Crippen molar-refractivity contribution in [2.75, 3.05) is 13.1 Å². The fourth-order valence-corrected chi connectivity index (χ4v) is 3.29. The van der Waals surface area contributed by atoms with Gasteiger partial charge in [0, 0.05) is 24.2 Å². The molecule has 0 aliphatic carbocycles. The zero-order chi connectivity index (χ0) is 21.5. The van der Waals surface area contributed by atoms with Gasteiger partial charge in [-0.3, -0.25) is 4.79 Å². The predicted molar refractivity (Wildman–Crippen MR) is 116 cm³/mol. The molecule has 1 amide bonds. The summed E-state index contributed by atoms with van der Waals surface area (Å²) in [5, 5.41) is 23.5. The van der Waals surface area contributed by atoms with E-state index in [0.29, 0.717) is 41.2 Å². The summed E-state index contributed by atoms with van der Waals surface area (Å²) in [6, 6.07) is 13.1. The summed E-state index contributed by atoms with van der Waals surface area (Å²) in [6.07, 6.45) is 3.83. The Morgan fingerprint density at radius 2 is 1.37 bits per heavy atom. The molecule has 3 rings (SSSR count). The van der Waals surface area contributed by atoms with Gasteiger partial charge in [0.2, 0.25) is 0 Å². The predicted octanol–water partition coefficient (Wildman–Crippen LogP) is 5.46. The number of carbonyl (C=O) groups excluding carboxylic acids is 1. The van der Waals surface area contributed by atoms with E-state index in [9.17, 15) is 15.0 Å². The Labute approximate surface area is 176 Å². The SMILES string of the molecule is CCCCN(CCCC)C(=O)c1c(-c2ccc(O)cc2)noc1-c1ccc(O)cc1. The molecular weight excluding hydrogens is 380 g/mol. The van der Waals surface area contributed by atoms with Gasteiger partial charge in [0.1, 0.15) is 22.8 Å². The van der Waals surface area contributed by atoms with Crippen molar-refractivity contribution in [1.82, 2.24) is 10.1 Å². The first kappa shape index (κ1) is 21.4. The molecule has 6 nitrogen and oxygen atoms in total. The minimum atomic E-state index is -0.121. The molecule has 158 valence electrons. The monoisotopic (exact) mass is 408 g/mol. The highest BCUT2D eigenvalue weighted by atomic mass is 16.5. The Bertz CT molecular complexity index is 891. The molecule has 0 bridgehead atoms. The molecule has 3 aromatic rings. The van der Waals surface area contributed by atoms with E-state index in [4.69, 9.17) is 4.52 Å². The third-order valence-corrected chi connectivity index (χ3v) is 5.03. The molecule has 1 heterocycles. The van der Waals surface area contributed by atoms with Gasteiger partial charge in [0.25, 0.3) is 5.91 Å². The van der Waals surface area contributed by atoms with Crippen molar-refractivity contribution in [2.24, 2.45) is 0 Å². The van der Waals surface area contributed by atoms with Crippen LogP contribution in [-0.2, 0) is 0 Å². The van der Waals surface area contributed by atoms with Crippen LogP contribution < -0.4 is 0 Å². The number of hydrogen-bond donors (Lipinski definition) is 2. The van der Waals surface area contributed by atoms with Gasteiger partial charge in [-0.15, -0.1) is 0 Å². The Morgan fingerprint density at radius 3 is 1.87 bits per heavy atom. The summed E-state index contributed by atoms with van der Waals surface area (Å²) in [7, 11) is 0. The van der Waals surface area contributed by atoms with E-state index in [1.807, 2.05) is 4.90 Å². The van der Waals surface area contributed by atoms with Gasteiger partial charge in [0.05, 0.1) is 0 Å². The van der Waals surface area contributed by atoms with Crippen LogP contribution in [0.3, 0.4) is 0 Å². The highest BCUT2D eigenvalue weighted by molar-refractivity contribution is 6.05. The Balaban J connectivity index is 2.09. The average molecular weight is 408 g/mol. The lowest BCUT2D eigenvalue weighted by molar-refractivity contribution is 0.0752. The van der Waals surface area contributed by atoms with Crippen molar-refractivity contribution in [2.45, 2.75) is 39.5 Å². The maximum Gasteiger partial charge on any atom is 0.260 e. The number of unbranched alkanes of at least 4 members (excludes halogenated alkanes) is 2. The number of rotatable bonds is 9. The van der Waals surface area contributed by atoms with Crippen molar-refractivity contribution in [1.29, 1.82) is 0 Å². The van der Waals surface area contributed by atoms with Crippen molar-refractivity contribution in [3.05, 3.63) is 54.1 Å². The topological polar surface area (TPSA) is 86.8 Å². The molecule has 6 heteroatoms. The summed E-state index contributed by atoms with van der Waals surface area (Å²) < 4.78 is 5.64. The molecule has 0 atom stereocenters. The largest absolute Gasteiger partial charge is 0.508 e. The van der Waals surface area contributed by atoms with E-state index in [2.05, 4.69) is 19.0 Å². The van der Waals surface area contributed by atoms with Gasteiger partial charge >= 0.3 is 0 Å². The molecule has 1 aromatic heterocycles. The molecule has 0 radical (unpaired) electrons. The van der Waals surface area contributed by atoms with E-state index in [-0.39, 0.29) is 17.4 Å². The maximum atomic E-state index is 13.7. The smallest absolute Gasteiger partial charge is 0.260 e. The number of aromatic nitrogens is 1. The molecule has 2 N–H and O–H groups in total. The number of amides is 1. The van der Waals surface area contributed by atoms with Crippen LogP contribution in [0, 0.1) is 0 Å². The van der Waals surface area contributed by atoms with Gasteiger partial charge in [-0.1, -0.05) is 31.8 Å². The van der Waals surface area contributed by atoms with Crippen LogP contribution in [0.25, 0.3) is 22.6 Å². The quantitative estimate of drug-likeness (QED) is 0.491. The molecule has 0 saturated heterocycles. The number of hydrogen-bond acceptors (Lipinski definition) is 5. The van der Waals surface area contributed by atoms with Crippen LogP contribution in [0.5, 0.6) is 11.5 Å². The standard InChI is InChI=1S/C24H28N2O4/c1-3-5-15-26(16-6-4-2)24(29)21-22(17-7-11-19(27)12-8-17)25-30-23(21)18-9-13-20(28)14-10-18/h7-14,27-28H,3-6,15-16H2,1-2H3. The summed E-state index contributed by atoms with van der Waals surface area (Å²) in [5.74, 6) is 0.532. The number of phenols is 2. The molecule has 30 heavy (non-hydrogen) atoms. The number of nitrogens with zero attached hydrogens (tertiary/aromatic N) is 2. The first-order valence-electron chi connectivity index (χ1n) is 10.4. The molecule has 0 aliphatic heterocycles. The second-order valence-electron chi connectivity index (χ2n) is 7.33. The lowest BCUT2D eigenvalue weighted by atomic mass is 10.0. The fourth-order valence-electron chi connectivity index (χ4n) is 3.29. The van der Waals surface area contributed by atoms with Crippen LogP contribution in [0.1, 0.15) is 49.9 Å². The first-order chi connectivity index (χ1) is 14.5. The minimum Gasteiger partial charge on any atom is -0.508 e. The molecule has 0 saturated carbocycles. The summed E-state index contributed by atoms with van der Waals surface area (Å²) >= 11 is 0.